The quantitative estimate of drug-likeness (QED) is 0.758. The van der Waals surface area contributed by atoms with Gasteiger partial charge in [0.2, 0.25) is 0 Å². The van der Waals surface area contributed by atoms with Gasteiger partial charge in [-0.2, -0.15) is 0 Å². The van der Waals surface area contributed by atoms with E-state index in [1.165, 1.54) is 0 Å². The number of anilines is 1. The van der Waals surface area contributed by atoms with Crippen LogP contribution in [-0.2, 0) is 18.3 Å². The molecule has 3 heterocycles. The maximum atomic E-state index is 12.8. The SMILES string of the molecule is CCN(Cc1nccn1C)C(=O)c1ccc(N2CC[C@@H](COC)C2)nc1. The molecule has 0 saturated carbocycles. The van der Waals surface area contributed by atoms with Crippen LogP contribution < -0.4 is 4.90 Å². The van der Waals surface area contributed by atoms with E-state index >= 15 is 0 Å². The molecule has 26 heavy (non-hydrogen) atoms. The van der Waals surface area contributed by atoms with Gasteiger partial charge in [0.15, 0.2) is 0 Å². The monoisotopic (exact) mass is 357 g/mol. The van der Waals surface area contributed by atoms with Gasteiger partial charge in [0.1, 0.15) is 11.6 Å². The highest BCUT2D eigenvalue weighted by Crippen LogP contribution is 2.22. The van der Waals surface area contributed by atoms with Crippen molar-refractivity contribution in [3.63, 3.8) is 0 Å². The number of pyridine rings is 1. The lowest BCUT2D eigenvalue weighted by molar-refractivity contribution is 0.0747. The first-order valence-corrected chi connectivity index (χ1v) is 9.07. The lowest BCUT2D eigenvalue weighted by Gasteiger charge is -2.21. The Hall–Kier alpha value is -2.41. The van der Waals surface area contributed by atoms with E-state index in [-0.39, 0.29) is 5.91 Å². The highest BCUT2D eigenvalue weighted by molar-refractivity contribution is 5.94. The van der Waals surface area contributed by atoms with E-state index in [2.05, 4.69) is 14.9 Å². The molecule has 1 amide bonds. The molecule has 2 aromatic heterocycles. The predicted octanol–water partition coefficient (Wildman–Crippen LogP) is 1.95. The molecule has 1 fully saturated rings. The molecule has 0 unspecified atom stereocenters. The van der Waals surface area contributed by atoms with Crippen LogP contribution in [0.25, 0.3) is 0 Å². The number of imidazole rings is 1. The minimum Gasteiger partial charge on any atom is -0.384 e. The molecule has 0 aromatic carbocycles. The molecule has 0 N–H and O–H groups in total. The molecule has 1 atom stereocenters. The standard InChI is InChI=1S/C19H27N5O2/c1-4-23(13-18-20-8-10-22(18)2)19(25)16-5-6-17(21-11-16)24-9-7-15(12-24)14-26-3/h5-6,8,10-11,15H,4,7,9,12-14H2,1-3H3/t15-/m1/s1. The molecule has 1 aliphatic rings. The summed E-state index contributed by atoms with van der Waals surface area (Å²) >= 11 is 0. The fraction of sp³-hybridized carbons (Fsp3) is 0.526. The van der Waals surface area contributed by atoms with Gasteiger partial charge in [-0.05, 0) is 25.5 Å². The molecule has 7 nitrogen and oxygen atoms in total. The Balaban J connectivity index is 1.65. The molecule has 0 radical (unpaired) electrons. The Labute approximate surface area is 154 Å². The zero-order valence-electron chi connectivity index (χ0n) is 15.8. The van der Waals surface area contributed by atoms with Gasteiger partial charge in [-0.25, -0.2) is 9.97 Å². The van der Waals surface area contributed by atoms with E-state index in [1.807, 2.05) is 36.9 Å². The second-order valence-electron chi connectivity index (χ2n) is 6.73. The van der Waals surface area contributed by atoms with Gasteiger partial charge in [0, 0.05) is 58.3 Å². The number of amides is 1. The number of rotatable bonds is 7. The average Bonchev–Trinajstić information content (AvgIpc) is 3.29. The van der Waals surface area contributed by atoms with Gasteiger partial charge in [-0.3, -0.25) is 4.79 Å². The third-order valence-corrected chi connectivity index (χ3v) is 4.93. The first-order chi connectivity index (χ1) is 12.6. The number of aromatic nitrogens is 3. The number of ether oxygens (including phenoxy) is 1. The third kappa shape index (κ3) is 4.04. The maximum absolute atomic E-state index is 12.8. The second kappa shape index (κ2) is 8.31. The van der Waals surface area contributed by atoms with E-state index in [4.69, 9.17) is 4.74 Å². The van der Waals surface area contributed by atoms with Crippen LogP contribution in [0.15, 0.2) is 30.7 Å². The number of carbonyl (C=O) groups is 1. The summed E-state index contributed by atoms with van der Waals surface area (Å²) in [6.07, 6.45) is 6.43. The van der Waals surface area contributed by atoms with Crippen LogP contribution in [0.3, 0.4) is 0 Å². The van der Waals surface area contributed by atoms with Crippen LogP contribution in [0.1, 0.15) is 29.5 Å². The molecular weight excluding hydrogens is 330 g/mol. The van der Waals surface area contributed by atoms with E-state index in [0.717, 1.165) is 37.8 Å². The Morgan fingerprint density at radius 1 is 1.38 bits per heavy atom. The molecule has 2 aromatic rings. The number of aryl methyl sites for hydroxylation is 1. The number of carbonyl (C=O) groups excluding carboxylic acids is 1. The molecule has 1 aliphatic heterocycles. The van der Waals surface area contributed by atoms with Gasteiger partial charge in [-0.15, -0.1) is 0 Å². The van der Waals surface area contributed by atoms with Crippen molar-refractivity contribution in [3.8, 4) is 0 Å². The van der Waals surface area contributed by atoms with Gasteiger partial charge >= 0.3 is 0 Å². The Morgan fingerprint density at radius 3 is 2.85 bits per heavy atom. The first kappa shape index (κ1) is 18.4. The topological polar surface area (TPSA) is 63.5 Å². The number of methoxy groups -OCH3 is 1. The Morgan fingerprint density at radius 2 is 2.23 bits per heavy atom. The van der Waals surface area contributed by atoms with Gasteiger partial charge in [-0.1, -0.05) is 0 Å². The maximum Gasteiger partial charge on any atom is 0.255 e. The van der Waals surface area contributed by atoms with Crippen LogP contribution in [0.2, 0.25) is 0 Å². The van der Waals surface area contributed by atoms with Crippen LogP contribution in [-0.4, -0.2) is 58.7 Å². The van der Waals surface area contributed by atoms with E-state index in [1.54, 1.807) is 24.4 Å². The summed E-state index contributed by atoms with van der Waals surface area (Å²) < 4.78 is 7.18. The van der Waals surface area contributed by atoms with Crippen molar-refractivity contribution < 1.29 is 9.53 Å². The predicted molar refractivity (Wildman–Crippen MR) is 100 cm³/mol. The molecule has 0 spiro atoms. The van der Waals surface area contributed by atoms with E-state index < -0.39 is 0 Å². The molecule has 140 valence electrons. The average molecular weight is 357 g/mol. The van der Waals surface area contributed by atoms with E-state index in [9.17, 15) is 4.79 Å². The number of nitrogens with zero attached hydrogens (tertiary/aromatic N) is 5. The van der Waals surface area contributed by atoms with Crippen molar-refractivity contribution in [1.29, 1.82) is 0 Å². The lowest BCUT2D eigenvalue weighted by Crippen LogP contribution is -2.31. The van der Waals surface area contributed by atoms with Crippen LogP contribution in [0.5, 0.6) is 0 Å². The van der Waals surface area contributed by atoms with Crippen molar-refractivity contribution in [3.05, 3.63) is 42.1 Å². The second-order valence-corrected chi connectivity index (χ2v) is 6.73. The zero-order valence-corrected chi connectivity index (χ0v) is 15.8. The summed E-state index contributed by atoms with van der Waals surface area (Å²) in [5.74, 6) is 2.32. The minimum absolute atomic E-state index is 0.0202. The van der Waals surface area contributed by atoms with E-state index in [0.29, 0.717) is 24.6 Å². The lowest BCUT2D eigenvalue weighted by atomic mass is 10.1. The summed E-state index contributed by atoms with van der Waals surface area (Å²) in [5, 5.41) is 0. The fourth-order valence-corrected chi connectivity index (χ4v) is 3.34. The van der Waals surface area contributed by atoms with Gasteiger partial charge in [0.05, 0.1) is 18.7 Å². The summed E-state index contributed by atoms with van der Waals surface area (Å²) in [6, 6.07) is 3.81. The number of hydrogen-bond acceptors (Lipinski definition) is 5. The molecule has 3 rings (SSSR count). The molecule has 7 heteroatoms. The van der Waals surface area contributed by atoms with Crippen molar-refractivity contribution in [2.24, 2.45) is 13.0 Å². The summed E-state index contributed by atoms with van der Waals surface area (Å²) in [6.45, 7) is 5.81. The molecule has 1 saturated heterocycles. The normalized spacial score (nSPS) is 16.9. The largest absolute Gasteiger partial charge is 0.384 e. The molecule has 0 aliphatic carbocycles. The first-order valence-electron chi connectivity index (χ1n) is 9.07. The van der Waals surface area contributed by atoms with Gasteiger partial charge < -0.3 is 19.1 Å². The van der Waals surface area contributed by atoms with Crippen LogP contribution in [0, 0.1) is 5.92 Å². The summed E-state index contributed by atoms with van der Waals surface area (Å²) in [5.41, 5.74) is 0.609. The van der Waals surface area contributed by atoms with Crippen LogP contribution in [0.4, 0.5) is 5.82 Å². The zero-order chi connectivity index (χ0) is 18.5. The third-order valence-electron chi connectivity index (χ3n) is 4.93. The van der Waals surface area contributed by atoms with Crippen LogP contribution >= 0.6 is 0 Å². The molecule has 0 bridgehead atoms. The molecular formula is C19H27N5O2. The minimum atomic E-state index is -0.0202. The smallest absolute Gasteiger partial charge is 0.255 e. The van der Waals surface area contributed by atoms with Crippen molar-refractivity contribution in [2.75, 3.05) is 38.3 Å². The fourth-order valence-electron chi connectivity index (χ4n) is 3.34. The summed E-state index contributed by atoms with van der Waals surface area (Å²) in [7, 11) is 3.68. The van der Waals surface area contributed by atoms with Crippen molar-refractivity contribution in [1.82, 2.24) is 19.4 Å². The Kier molecular flexibility index (Phi) is 5.88. The highest BCUT2D eigenvalue weighted by atomic mass is 16.5. The van der Waals surface area contributed by atoms with Gasteiger partial charge in [0.25, 0.3) is 5.91 Å². The van der Waals surface area contributed by atoms with Crippen molar-refractivity contribution >= 4 is 11.7 Å². The Bertz CT molecular complexity index is 728. The highest BCUT2D eigenvalue weighted by Gasteiger charge is 2.24. The summed E-state index contributed by atoms with van der Waals surface area (Å²) in [4.78, 5) is 25.7. The van der Waals surface area contributed by atoms with Crippen molar-refractivity contribution in [2.45, 2.75) is 19.9 Å². The number of hydrogen-bond donors (Lipinski definition) is 0.